The van der Waals surface area contributed by atoms with Gasteiger partial charge in [-0.25, -0.2) is 27.8 Å². The SMILES string of the molecule is C[C@H]1COc2c(-c3nc(N[C@@H]4CCN(S(C)(=O)=O)C[C@H]4O)ncc3Cl)cc(F)c3nc(C(C)(C)O)n1c23. The van der Waals surface area contributed by atoms with E-state index in [4.69, 9.17) is 16.3 Å². The van der Waals surface area contributed by atoms with E-state index in [1.165, 1.54) is 16.6 Å². The highest BCUT2D eigenvalue weighted by Crippen LogP contribution is 2.45. The van der Waals surface area contributed by atoms with Crippen molar-refractivity contribution in [1.29, 1.82) is 0 Å². The van der Waals surface area contributed by atoms with E-state index in [0.29, 0.717) is 29.1 Å². The van der Waals surface area contributed by atoms with E-state index in [2.05, 4.69) is 20.3 Å². The first-order valence-electron chi connectivity index (χ1n) is 11.8. The summed E-state index contributed by atoms with van der Waals surface area (Å²) in [5.74, 6) is 0.175. The Morgan fingerprint density at radius 1 is 1.32 bits per heavy atom. The summed E-state index contributed by atoms with van der Waals surface area (Å²) in [6.07, 6.45) is 1.82. The zero-order valence-electron chi connectivity index (χ0n) is 20.7. The zero-order chi connectivity index (χ0) is 26.9. The van der Waals surface area contributed by atoms with Crippen LogP contribution >= 0.6 is 11.6 Å². The van der Waals surface area contributed by atoms with E-state index in [1.54, 1.807) is 18.4 Å². The molecule has 1 fully saturated rings. The standard InChI is InChI=1S/C23H28ClFN6O5S/c1-11-10-36-20-12(7-14(25)18-19(20)31(11)21(28-18)23(2,3)33)17-13(24)8-26-22(29-17)27-15-5-6-30(9-16(15)32)37(4,34)35/h7-8,11,15-16,32-33H,5-6,9-10H2,1-4H3,(H,26,27,29)/t11-,15+,16+/m0/s1. The number of imidazole rings is 1. The van der Waals surface area contributed by atoms with Gasteiger partial charge in [0.05, 0.1) is 41.4 Å². The third-order valence-corrected chi connectivity index (χ3v) is 8.20. The molecule has 2 aromatic heterocycles. The Kier molecular flexibility index (Phi) is 6.35. The molecule has 14 heteroatoms. The molecule has 0 unspecified atom stereocenters. The Morgan fingerprint density at radius 2 is 2.05 bits per heavy atom. The van der Waals surface area contributed by atoms with E-state index < -0.39 is 33.6 Å². The number of aliphatic hydroxyl groups is 2. The molecule has 2 aliphatic heterocycles. The molecule has 3 N–H and O–H groups in total. The number of sulfonamides is 1. The lowest BCUT2D eigenvalue weighted by molar-refractivity contribution is 0.0616. The molecule has 4 heterocycles. The van der Waals surface area contributed by atoms with Gasteiger partial charge in [-0.1, -0.05) is 11.6 Å². The average Bonchev–Trinajstić information content (AvgIpc) is 3.23. The molecule has 0 bridgehead atoms. The number of nitrogens with zero attached hydrogens (tertiary/aromatic N) is 5. The fourth-order valence-corrected chi connectivity index (χ4v) is 5.88. The van der Waals surface area contributed by atoms with Crippen LogP contribution in [0, 0.1) is 5.82 Å². The Labute approximate surface area is 218 Å². The first-order chi connectivity index (χ1) is 17.3. The maximum absolute atomic E-state index is 15.4. The van der Waals surface area contributed by atoms with Gasteiger partial charge >= 0.3 is 0 Å². The molecule has 2 aliphatic rings. The highest BCUT2D eigenvalue weighted by atomic mass is 35.5. The monoisotopic (exact) mass is 554 g/mol. The van der Waals surface area contributed by atoms with Crippen LogP contribution in [0.1, 0.15) is 39.1 Å². The number of aliphatic hydroxyl groups excluding tert-OH is 1. The minimum atomic E-state index is -3.42. The van der Waals surface area contributed by atoms with Gasteiger partial charge in [-0.3, -0.25) is 0 Å². The molecule has 3 atom stereocenters. The second-order valence-corrected chi connectivity index (χ2v) is 12.5. The lowest BCUT2D eigenvalue weighted by Gasteiger charge is -2.34. The van der Waals surface area contributed by atoms with Crippen molar-refractivity contribution in [3.05, 3.63) is 28.9 Å². The molecule has 1 saturated heterocycles. The Bertz CT molecular complexity index is 1490. The Balaban J connectivity index is 1.55. The number of ether oxygens (including phenoxy) is 1. The lowest BCUT2D eigenvalue weighted by atomic mass is 10.0. The molecular formula is C23H28ClFN6O5S. The van der Waals surface area contributed by atoms with Crippen molar-refractivity contribution >= 4 is 38.6 Å². The van der Waals surface area contributed by atoms with Gasteiger partial charge < -0.3 is 24.8 Å². The maximum atomic E-state index is 15.4. The largest absolute Gasteiger partial charge is 0.488 e. The van der Waals surface area contributed by atoms with Crippen LogP contribution in [0.25, 0.3) is 22.3 Å². The van der Waals surface area contributed by atoms with Gasteiger partial charge in [-0.15, -0.1) is 0 Å². The number of hydrogen-bond donors (Lipinski definition) is 3. The molecule has 0 amide bonds. The summed E-state index contributed by atoms with van der Waals surface area (Å²) in [7, 11) is -3.42. The lowest BCUT2D eigenvalue weighted by Crippen LogP contribution is -2.51. The van der Waals surface area contributed by atoms with Crippen LogP contribution in [0.5, 0.6) is 5.75 Å². The number of aromatic nitrogens is 4. The third kappa shape index (κ3) is 4.63. The van der Waals surface area contributed by atoms with Crippen LogP contribution < -0.4 is 10.1 Å². The maximum Gasteiger partial charge on any atom is 0.223 e. The minimum absolute atomic E-state index is 0.0530. The van der Waals surface area contributed by atoms with Gasteiger partial charge in [-0.05, 0) is 33.3 Å². The van der Waals surface area contributed by atoms with Crippen molar-refractivity contribution in [2.24, 2.45) is 0 Å². The predicted octanol–water partition coefficient (Wildman–Crippen LogP) is 2.27. The molecule has 0 saturated carbocycles. The van der Waals surface area contributed by atoms with Gasteiger partial charge in [0.15, 0.2) is 11.6 Å². The van der Waals surface area contributed by atoms with Gasteiger partial charge in [0.25, 0.3) is 0 Å². The summed E-state index contributed by atoms with van der Waals surface area (Å²) in [6.45, 7) is 5.52. The van der Waals surface area contributed by atoms with Crippen LogP contribution in [-0.2, 0) is 15.6 Å². The van der Waals surface area contributed by atoms with E-state index in [1.807, 2.05) is 6.92 Å². The number of rotatable bonds is 5. The number of hydrogen-bond acceptors (Lipinski definition) is 9. The number of benzene rings is 1. The topological polar surface area (TPSA) is 143 Å². The normalized spacial score (nSPS) is 22.8. The molecular weight excluding hydrogens is 527 g/mol. The van der Waals surface area contributed by atoms with E-state index >= 15 is 4.39 Å². The first kappa shape index (κ1) is 26.0. The molecule has 5 rings (SSSR count). The molecule has 11 nitrogen and oxygen atoms in total. The number of anilines is 1. The van der Waals surface area contributed by atoms with Gasteiger partial charge in [0.1, 0.15) is 29.1 Å². The van der Waals surface area contributed by atoms with Crippen LogP contribution in [-0.4, -0.2) is 80.6 Å². The van der Waals surface area contributed by atoms with Crippen molar-refractivity contribution in [2.75, 3.05) is 31.3 Å². The van der Waals surface area contributed by atoms with E-state index in [0.717, 1.165) is 6.26 Å². The minimum Gasteiger partial charge on any atom is -0.488 e. The molecule has 200 valence electrons. The average molecular weight is 555 g/mol. The molecule has 1 aromatic carbocycles. The summed E-state index contributed by atoms with van der Waals surface area (Å²) in [4.78, 5) is 13.1. The Hall–Kier alpha value is -2.58. The van der Waals surface area contributed by atoms with E-state index in [-0.39, 0.29) is 47.9 Å². The fourth-order valence-electron chi connectivity index (χ4n) is 4.83. The third-order valence-electron chi connectivity index (χ3n) is 6.65. The molecule has 3 aromatic rings. The van der Waals surface area contributed by atoms with Crippen LogP contribution in [0.4, 0.5) is 10.3 Å². The number of nitrogens with one attached hydrogen (secondary N) is 1. The number of halogens is 2. The molecule has 0 aliphatic carbocycles. The van der Waals surface area contributed by atoms with Crippen molar-refractivity contribution in [3.8, 4) is 17.0 Å². The quantitative estimate of drug-likeness (QED) is 0.433. The predicted molar refractivity (Wildman–Crippen MR) is 136 cm³/mol. The number of piperidine rings is 1. The number of β-amino-alcohol motifs (C(OH)–C–C–N with tert-alkyl or cyclic N) is 1. The second-order valence-electron chi connectivity index (χ2n) is 10.1. The van der Waals surface area contributed by atoms with Crippen molar-refractivity contribution in [2.45, 2.75) is 51.0 Å². The summed E-state index contributed by atoms with van der Waals surface area (Å²) < 4.78 is 48.0. The van der Waals surface area contributed by atoms with Crippen LogP contribution in [0.15, 0.2) is 12.3 Å². The smallest absolute Gasteiger partial charge is 0.223 e. The van der Waals surface area contributed by atoms with Gasteiger partial charge in [0.2, 0.25) is 16.0 Å². The second kappa shape index (κ2) is 9.02. The van der Waals surface area contributed by atoms with Crippen molar-refractivity contribution in [1.82, 2.24) is 23.8 Å². The molecule has 0 spiro atoms. The van der Waals surface area contributed by atoms with E-state index in [9.17, 15) is 18.6 Å². The van der Waals surface area contributed by atoms with Crippen LogP contribution in [0.3, 0.4) is 0 Å². The summed E-state index contributed by atoms with van der Waals surface area (Å²) in [6, 6.07) is 0.541. The molecule has 0 radical (unpaired) electrons. The molecule has 37 heavy (non-hydrogen) atoms. The van der Waals surface area contributed by atoms with Crippen LogP contribution in [0.2, 0.25) is 5.02 Å². The fraction of sp³-hybridized carbons (Fsp3) is 0.522. The first-order valence-corrected chi connectivity index (χ1v) is 14.0. The Morgan fingerprint density at radius 3 is 2.70 bits per heavy atom. The van der Waals surface area contributed by atoms with Gasteiger partial charge in [-0.2, -0.15) is 4.31 Å². The van der Waals surface area contributed by atoms with Crippen molar-refractivity contribution in [3.63, 3.8) is 0 Å². The summed E-state index contributed by atoms with van der Waals surface area (Å²) in [5, 5.41) is 24.4. The highest BCUT2D eigenvalue weighted by molar-refractivity contribution is 7.88. The zero-order valence-corrected chi connectivity index (χ0v) is 22.3. The summed E-state index contributed by atoms with van der Waals surface area (Å²) in [5.41, 5.74) is -0.329. The van der Waals surface area contributed by atoms with Crippen molar-refractivity contribution < 1.29 is 27.8 Å². The van der Waals surface area contributed by atoms with Gasteiger partial charge in [0, 0.05) is 18.7 Å². The summed E-state index contributed by atoms with van der Waals surface area (Å²) >= 11 is 6.45. The highest BCUT2D eigenvalue weighted by Gasteiger charge is 2.35.